The molecule has 0 N–H and O–H groups in total. The summed E-state index contributed by atoms with van der Waals surface area (Å²) < 4.78 is 23.3. The van der Waals surface area contributed by atoms with Gasteiger partial charge in [-0.2, -0.15) is 0 Å². The first kappa shape index (κ1) is 22.6. The van der Waals surface area contributed by atoms with Gasteiger partial charge in [0.15, 0.2) is 11.5 Å². The van der Waals surface area contributed by atoms with Gasteiger partial charge in [-0.25, -0.2) is 4.98 Å². The number of pyridine rings is 2. The number of hydrogen-bond acceptors (Lipinski definition) is 7. The molecular weight excluding hydrogens is 420 g/mol. The van der Waals surface area contributed by atoms with Gasteiger partial charge in [-0.3, -0.25) is 9.36 Å². The fourth-order valence-corrected chi connectivity index (χ4v) is 4.68. The minimum atomic E-state index is -0.608. The number of aromatic nitrogens is 2. The second-order valence-electron chi connectivity index (χ2n) is 6.90. The first-order chi connectivity index (χ1) is 14.8. The van der Waals surface area contributed by atoms with Crippen LogP contribution in [-0.2, 0) is 17.9 Å². The third kappa shape index (κ3) is 4.36. The maximum Gasteiger partial charge on any atom is 0.306 e. The molecule has 0 saturated heterocycles. The van der Waals surface area contributed by atoms with E-state index >= 15 is 0 Å². The van der Waals surface area contributed by atoms with E-state index < -0.39 is 10.9 Å². The SMILES string of the molecule is COc1cc(OCC[S+](C)c2c([O-])c3ccc(C)nc3n(C)c2=O)cc(OC)c1OC. The molecular formula is C22H26N2O6S. The average Bonchev–Trinajstić information content (AvgIpc) is 2.76. The fourth-order valence-electron chi connectivity index (χ4n) is 3.28. The van der Waals surface area contributed by atoms with Crippen molar-refractivity contribution in [3.63, 3.8) is 0 Å². The van der Waals surface area contributed by atoms with E-state index in [-0.39, 0.29) is 16.2 Å². The molecule has 3 aromatic rings. The molecule has 1 unspecified atom stereocenters. The van der Waals surface area contributed by atoms with Crippen LogP contribution in [0.15, 0.2) is 34.0 Å². The van der Waals surface area contributed by atoms with Crippen molar-refractivity contribution in [3.05, 3.63) is 40.3 Å². The Bertz CT molecular complexity index is 1140. The summed E-state index contributed by atoms with van der Waals surface area (Å²) in [7, 11) is 5.64. The van der Waals surface area contributed by atoms with Crippen molar-refractivity contribution in [3.8, 4) is 28.7 Å². The maximum atomic E-state index is 13.0. The van der Waals surface area contributed by atoms with Gasteiger partial charge in [0.2, 0.25) is 10.6 Å². The van der Waals surface area contributed by atoms with Crippen molar-refractivity contribution in [2.75, 3.05) is 39.9 Å². The Hall–Kier alpha value is -3.07. The largest absolute Gasteiger partial charge is 0.868 e. The monoisotopic (exact) mass is 446 g/mol. The Morgan fingerprint density at radius 3 is 2.32 bits per heavy atom. The van der Waals surface area contributed by atoms with Crippen molar-refractivity contribution >= 4 is 21.9 Å². The van der Waals surface area contributed by atoms with E-state index in [1.54, 1.807) is 31.3 Å². The highest BCUT2D eigenvalue weighted by Gasteiger charge is 2.25. The Morgan fingerprint density at radius 2 is 1.74 bits per heavy atom. The van der Waals surface area contributed by atoms with Gasteiger partial charge in [0, 0.05) is 41.2 Å². The van der Waals surface area contributed by atoms with E-state index in [1.165, 1.54) is 25.9 Å². The smallest absolute Gasteiger partial charge is 0.306 e. The van der Waals surface area contributed by atoms with Crippen LogP contribution in [0.1, 0.15) is 5.69 Å². The molecule has 0 fully saturated rings. The summed E-state index contributed by atoms with van der Waals surface area (Å²) in [5.41, 5.74) is 0.850. The standard InChI is InChI=1S/C22H26N2O6S/c1-13-7-8-15-18(25)20(22(26)24(2)21(15)23-13)31(6)10-9-30-14-11-16(27-3)19(29-5)17(12-14)28-4/h7-8,11-12H,9-10H2,1-6H3. The van der Waals surface area contributed by atoms with Crippen LogP contribution in [0, 0.1) is 6.92 Å². The van der Waals surface area contributed by atoms with Gasteiger partial charge in [-0.15, -0.1) is 0 Å². The highest BCUT2D eigenvalue weighted by Crippen LogP contribution is 2.40. The van der Waals surface area contributed by atoms with Crippen LogP contribution in [0.3, 0.4) is 0 Å². The molecule has 1 aromatic carbocycles. The second kappa shape index (κ2) is 9.38. The number of nitrogens with zero attached hydrogens (tertiary/aromatic N) is 2. The molecule has 1 atom stereocenters. The number of rotatable bonds is 8. The van der Waals surface area contributed by atoms with Crippen LogP contribution in [0.5, 0.6) is 28.7 Å². The lowest BCUT2D eigenvalue weighted by molar-refractivity contribution is -0.270. The molecule has 2 aromatic heterocycles. The lowest BCUT2D eigenvalue weighted by atomic mass is 10.2. The number of methoxy groups -OCH3 is 3. The highest BCUT2D eigenvalue weighted by atomic mass is 32.2. The first-order valence-electron chi connectivity index (χ1n) is 9.55. The highest BCUT2D eigenvalue weighted by molar-refractivity contribution is 7.96. The van der Waals surface area contributed by atoms with E-state index in [4.69, 9.17) is 18.9 Å². The van der Waals surface area contributed by atoms with E-state index in [1.807, 2.05) is 13.2 Å². The molecule has 9 heteroatoms. The molecule has 0 bridgehead atoms. The van der Waals surface area contributed by atoms with E-state index in [9.17, 15) is 9.90 Å². The summed E-state index contributed by atoms with van der Waals surface area (Å²) in [5.74, 6) is 2.24. The predicted octanol–water partition coefficient (Wildman–Crippen LogP) is 2.03. The van der Waals surface area contributed by atoms with Crippen LogP contribution >= 0.6 is 0 Å². The Kier molecular flexibility index (Phi) is 6.84. The lowest BCUT2D eigenvalue weighted by Gasteiger charge is -2.17. The molecule has 0 aliphatic carbocycles. The predicted molar refractivity (Wildman–Crippen MR) is 119 cm³/mol. The molecule has 0 saturated carbocycles. The second-order valence-corrected chi connectivity index (χ2v) is 8.99. The zero-order valence-electron chi connectivity index (χ0n) is 18.5. The molecule has 0 aliphatic rings. The minimum Gasteiger partial charge on any atom is -0.868 e. The molecule has 2 heterocycles. The summed E-state index contributed by atoms with van der Waals surface area (Å²) in [6, 6.07) is 6.92. The van der Waals surface area contributed by atoms with Gasteiger partial charge in [0.05, 0.1) is 21.3 Å². The lowest BCUT2D eigenvalue weighted by Crippen LogP contribution is -2.29. The van der Waals surface area contributed by atoms with E-state index in [0.717, 1.165) is 5.69 Å². The third-order valence-electron chi connectivity index (χ3n) is 4.93. The van der Waals surface area contributed by atoms with Crippen LogP contribution in [0.25, 0.3) is 11.0 Å². The van der Waals surface area contributed by atoms with E-state index in [2.05, 4.69) is 4.98 Å². The minimum absolute atomic E-state index is 0.260. The van der Waals surface area contributed by atoms with E-state index in [0.29, 0.717) is 46.4 Å². The maximum absolute atomic E-state index is 13.0. The molecule has 8 nitrogen and oxygen atoms in total. The van der Waals surface area contributed by atoms with Gasteiger partial charge in [-0.1, -0.05) is 0 Å². The Morgan fingerprint density at radius 1 is 1.10 bits per heavy atom. The van der Waals surface area contributed by atoms with Crippen molar-refractivity contribution < 1.29 is 24.1 Å². The molecule has 31 heavy (non-hydrogen) atoms. The number of ether oxygens (including phenoxy) is 4. The van der Waals surface area contributed by atoms with Crippen molar-refractivity contribution in [1.82, 2.24) is 9.55 Å². The van der Waals surface area contributed by atoms with Gasteiger partial charge in [0.25, 0.3) is 0 Å². The number of hydrogen-bond donors (Lipinski definition) is 0. The number of fused-ring (bicyclic) bond motifs is 1. The summed E-state index contributed by atoms with van der Waals surface area (Å²) >= 11 is 0. The molecule has 166 valence electrons. The summed E-state index contributed by atoms with van der Waals surface area (Å²) in [6.45, 7) is 2.14. The van der Waals surface area contributed by atoms with Crippen molar-refractivity contribution in [2.45, 2.75) is 11.8 Å². The summed E-state index contributed by atoms with van der Waals surface area (Å²) in [5, 5.41) is 13.4. The molecule has 0 spiro atoms. The van der Waals surface area contributed by atoms with Crippen LogP contribution < -0.4 is 29.6 Å². The van der Waals surface area contributed by atoms with Gasteiger partial charge in [0.1, 0.15) is 30.0 Å². The number of benzene rings is 1. The zero-order valence-corrected chi connectivity index (χ0v) is 19.3. The Labute approximate surface area is 183 Å². The van der Waals surface area contributed by atoms with Crippen LogP contribution in [0.2, 0.25) is 0 Å². The zero-order chi connectivity index (χ0) is 22.7. The third-order valence-corrected chi connectivity index (χ3v) is 6.76. The van der Waals surface area contributed by atoms with Crippen molar-refractivity contribution in [1.29, 1.82) is 0 Å². The average molecular weight is 447 g/mol. The fraction of sp³-hybridized carbons (Fsp3) is 0.364. The Balaban J connectivity index is 1.82. The molecule has 3 rings (SSSR count). The number of aryl methyl sites for hydroxylation is 2. The van der Waals surface area contributed by atoms with Crippen LogP contribution in [0.4, 0.5) is 0 Å². The van der Waals surface area contributed by atoms with Gasteiger partial charge >= 0.3 is 5.56 Å². The summed E-state index contributed by atoms with van der Waals surface area (Å²) in [4.78, 5) is 17.5. The molecule has 0 radical (unpaired) electrons. The molecule has 0 aliphatic heterocycles. The van der Waals surface area contributed by atoms with Gasteiger partial charge < -0.3 is 24.1 Å². The van der Waals surface area contributed by atoms with Crippen LogP contribution in [-0.4, -0.2) is 49.5 Å². The first-order valence-corrected chi connectivity index (χ1v) is 11.3. The normalized spacial score (nSPS) is 11.9. The van der Waals surface area contributed by atoms with Gasteiger partial charge in [-0.05, 0) is 24.8 Å². The summed E-state index contributed by atoms with van der Waals surface area (Å²) in [6.07, 6.45) is 1.88. The molecule has 0 amide bonds. The topological polar surface area (TPSA) is 94.9 Å². The quantitative estimate of drug-likeness (QED) is 0.489. The van der Waals surface area contributed by atoms with Crippen molar-refractivity contribution in [2.24, 2.45) is 7.05 Å².